The van der Waals surface area contributed by atoms with Gasteiger partial charge in [0.15, 0.2) is 5.82 Å². The van der Waals surface area contributed by atoms with E-state index in [-0.39, 0.29) is 5.56 Å². The number of benzene rings is 3. The number of aromatic amines is 1. The zero-order chi connectivity index (χ0) is 24.5. The number of fused-ring (bicyclic) bond motifs is 2. The molecule has 36 heavy (non-hydrogen) atoms. The first-order chi connectivity index (χ1) is 17.7. The van der Waals surface area contributed by atoms with Crippen LogP contribution in [-0.2, 0) is 19.5 Å². The zero-order valence-corrected chi connectivity index (χ0v) is 20.0. The quantitative estimate of drug-likeness (QED) is 0.400. The molecule has 5 aromatic rings. The highest BCUT2D eigenvalue weighted by molar-refractivity contribution is 5.80. The van der Waals surface area contributed by atoms with Crippen molar-refractivity contribution < 1.29 is 4.74 Å². The van der Waals surface area contributed by atoms with Crippen molar-refractivity contribution in [2.45, 2.75) is 25.6 Å². The molecule has 8 heteroatoms. The lowest BCUT2D eigenvalue weighted by atomic mass is 9.96. The van der Waals surface area contributed by atoms with Crippen molar-refractivity contribution in [3.63, 3.8) is 0 Å². The maximum Gasteiger partial charge on any atom is 0.253 e. The number of H-pyrrole nitrogens is 1. The molecule has 0 spiro atoms. The summed E-state index contributed by atoms with van der Waals surface area (Å²) in [7, 11) is 1.62. The predicted octanol–water partition coefficient (Wildman–Crippen LogP) is 3.72. The van der Waals surface area contributed by atoms with Crippen LogP contribution < -0.4 is 10.3 Å². The maximum atomic E-state index is 13.5. The minimum Gasteiger partial charge on any atom is -0.497 e. The van der Waals surface area contributed by atoms with E-state index in [2.05, 4.69) is 49.7 Å². The van der Waals surface area contributed by atoms with Crippen LogP contribution in [0.3, 0.4) is 0 Å². The fourth-order valence-corrected chi connectivity index (χ4v) is 5.04. The Morgan fingerprint density at radius 3 is 2.64 bits per heavy atom. The highest BCUT2D eigenvalue weighted by Gasteiger charge is 2.32. The second-order valence-electron chi connectivity index (χ2n) is 9.08. The number of rotatable bonds is 6. The third-order valence-corrected chi connectivity index (χ3v) is 6.88. The zero-order valence-electron chi connectivity index (χ0n) is 20.0. The molecule has 0 radical (unpaired) electrons. The van der Waals surface area contributed by atoms with E-state index in [4.69, 9.17) is 4.74 Å². The molecule has 0 aliphatic carbocycles. The van der Waals surface area contributed by atoms with Gasteiger partial charge in [-0.25, -0.2) is 4.68 Å². The first kappa shape index (κ1) is 22.2. The van der Waals surface area contributed by atoms with Gasteiger partial charge in [-0.05, 0) is 57.1 Å². The number of methoxy groups -OCH3 is 1. The van der Waals surface area contributed by atoms with Crippen LogP contribution in [0.1, 0.15) is 34.1 Å². The van der Waals surface area contributed by atoms with Crippen molar-refractivity contribution in [2.24, 2.45) is 0 Å². The van der Waals surface area contributed by atoms with Crippen LogP contribution >= 0.6 is 0 Å². The lowest BCUT2D eigenvalue weighted by molar-refractivity contribution is 0.194. The molecule has 180 valence electrons. The summed E-state index contributed by atoms with van der Waals surface area (Å²) in [6.45, 7) is 2.02. The van der Waals surface area contributed by atoms with Crippen LogP contribution in [0.5, 0.6) is 5.75 Å². The smallest absolute Gasteiger partial charge is 0.253 e. The van der Waals surface area contributed by atoms with Gasteiger partial charge in [0.05, 0.1) is 19.2 Å². The molecule has 1 N–H and O–H groups in total. The number of hydrogen-bond donors (Lipinski definition) is 1. The average molecular weight is 479 g/mol. The highest BCUT2D eigenvalue weighted by atomic mass is 16.5. The molecule has 8 nitrogen and oxygen atoms in total. The molecule has 1 atom stereocenters. The van der Waals surface area contributed by atoms with E-state index < -0.39 is 6.04 Å². The Hall–Kier alpha value is -4.30. The van der Waals surface area contributed by atoms with Gasteiger partial charge in [0.1, 0.15) is 11.8 Å². The molecule has 1 unspecified atom stereocenters. The molecule has 1 aliphatic rings. The van der Waals surface area contributed by atoms with Gasteiger partial charge in [0.2, 0.25) is 0 Å². The van der Waals surface area contributed by atoms with E-state index in [0.717, 1.165) is 29.4 Å². The lowest BCUT2D eigenvalue weighted by Crippen LogP contribution is -2.38. The summed E-state index contributed by atoms with van der Waals surface area (Å²) in [6, 6.07) is 25.8. The van der Waals surface area contributed by atoms with Crippen molar-refractivity contribution in [3.8, 4) is 5.75 Å². The first-order valence-electron chi connectivity index (χ1n) is 12.0. The standard InChI is InChI=1S/C28H26N6O2/c1-36-23-12-11-21-15-24(28(35)29-25(21)16-23)26(33-14-13-20-9-5-6-10-22(20)18-33)27-30-31-32-34(27)17-19-7-3-2-4-8-19/h2-12,15-16,26H,13-14,17-18H2,1H3,(H,29,35). The van der Waals surface area contributed by atoms with Crippen molar-refractivity contribution in [1.29, 1.82) is 0 Å². The van der Waals surface area contributed by atoms with Crippen LogP contribution in [0.4, 0.5) is 0 Å². The van der Waals surface area contributed by atoms with Gasteiger partial charge in [-0.15, -0.1) is 5.10 Å². The Balaban J connectivity index is 1.47. The second kappa shape index (κ2) is 9.39. The summed E-state index contributed by atoms with van der Waals surface area (Å²) < 4.78 is 7.14. The van der Waals surface area contributed by atoms with Crippen molar-refractivity contribution in [1.82, 2.24) is 30.1 Å². The fraction of sp³-hybridized carbons (Fsp3) is 0.214. The summed E-state index contributed by atoms with van der Waals surface area (Å²) in [5.41, 5.74) is 4.89. The van der Waals surface area contributed by atoms with Crippen molar-refractivity contribution >= 4 is 10.9 Å². The third kappa shape index (κ3) is 4.16. The molecule has 0 fully saturated rings. The molecule has 3 aromatic carbocycles. The summed E-state index contributed by atoms with van der Waals surface area (Å²) in [5, 5.41) is 13.7. The summed E-state index contributed by atoms with van der Waals surface area (Å²) in [4.78, 5) is 18.9. The average Bonchev–Trinajstić information content (AvgIpc) is 3.36. The Labute approximate surface area is 208 Å². The minimum atomic E-state index is -0.410. The number of aromatic nitrogens is 5. The first-order valence-corrected chi connectivity index (χ1v) is 12.0. The molecular formula is C28H26N6O2. The maximum absolute atomic E-state index is 13.5. The molecule has 0 saturated carbocycles. The van der Waals surface area contributed by atoms with E-state index in [9.17, 15) is 4.79 Å². The van der Waals surface area contributed by atoms with Gasteiger partial charge in [-0.2, -0.15) is 0 Å². The van der Waals surface area contributed by atoms with Crippen LogP contribution in [0.15, 0.2) is 83.7 Å². The second-order valence-corrected chi connectivity index (χ2v) is 9.08. The SMILES string of the molecule is COc1ccc2cc(C(c3nnnn3Cc3ccccc3)N3CCc4ccccc4C3)c(=O)[nH]c2c1. The van der Waals surface area contributed by atoms with Crippen LogP contribution in [0, 0.1) is 0 Å². The number of tetrazole rings is 1. The van der Waals surface area contributed by atoms with E-state index in [0.29, 0.717) is 30.2 Å². The van der Waals surface area contributed by atoms with E-state index in [1.54, 1.807) is 11.8 Å². The monoisotopic (exact) mass is 478 g/mol. The van der Waals surface area contributed by atoms with Crippen molar-refractivity contribution in [2.75, 3.05) is 13.7 Å². The molecule has 2 aromatic heterocycles. The topological polar surface area (TPSA) is 88.9 Å². The Morgan fingerprint density at radius 2 is 1.81 bits per heavy atom. The molecule has 1 aliphatic heterocycles. The number of nitrogens with one attached hydrogen (secondary N) is 1. The molecule has 3 heterocycles. The van der Waals surface area contributed by atoms with E-state index in [1.165, 1.54) is 11.1 Å². The van der Waals surface area contributed by atoms with Gasteiger partial charge in [-0.3, -0.25) is 9.69 Å². The number of hydrogen-bond acceptors (Lipinski definition) is 6. The number of ether oxygens (including phenoxy) is 1. The Kier molecular flexibility index (Phi) is 5.79. The highest BCUT2D eigenvalue weighted by Crippen LogP contribution is 2.32. The number of nitrogens with zero attached hydrogens (tertiary/aromatic N) is 5. The normalized spacial score (nSPS) is 14.5. The van der Waals surface area contributed by atoms with Gasteiger partial charge in [-0.1, -0.05) is 54.6 Å². The Bertz CT molecular complexity index is 1580. The van der Waals surface area contributed by atoms with E-state index >= 15 is 0 Å². The minimum absolute atomic E-state index is 0.158. The molecular weight excluding hydrogens is 452 g/mol. The third-order valence-electron chi connectivity index (χ3n) is 6.88. The summed E-state index contributed by atoms with van der Waals surface area (Å²) in [6.07, 6.45) is 0.898. The number of pyridine rings is 1. The summed E-state index contributed by atoms with van der Waals surface area (Å²) >= 11 is 0. The van der Waals surface area contributed by atoms with Crippen LogP contribution in [-0.4, -0.2) is 43.7 Å². The predicted molar refractivity (Wildman–Crippen MR) is 137 cm³/mol. The molecule has 0 saturated heterocycles. The van der Waals surface area contributed by atoms with E-state index in [1.807, 2.05) is 54.6 Å². The van der Waals surface area contributed by atoms with Crippen LogP contribution in [0.25, 0.3) is 10.9 Å². The molecule has 6 rings (SSSR count). The van der Waals surface area contributed by atoms with Gasteiger partial charge >= 0.3 is 0 Å². The molecule has 0 amide bonds. The Morgan fingerprint density at radius 1 is 1.00 bits per heavy atom. The largest absolute Gasteiger partial charge is 0.497 e. The van der Waals surface area contributed by atoms with Gasteiger partial charge < -0.3 is 9.72 Å². The molecule has 0 bridgehead atoms. The fourth-order valence-electron chi connectivity index (χ4n) is 5.04. The van der Waals surface area contributed by atoms with Gasteiger partial charge in [0.25, 0.3) is 5.56 Å². The van der Waals surface area contributed by atoms with Gasteiger partial charge in [0, 0.05) is 24.7 Å². The lowest BCUT2D eigenvalue weighted by Gasteiger charge is -2.34. The summed E-state index contributed by atoms with van der Waals surface area (Å²) in [5.74, 6) is 1.35. The van der Waals surface area contributed by atoms with Crippen molar-refractivity contribution in [3.05, 3.63) is 117 Å². The van der Waals surface area contributed by atoms with Crippen LogP contribution in [0.2, 0.25) is 0 Å².